The molecule has 0 aromatic carbocycles. The van der Waals surface area contributed by atoms with Crippen molar-refractivity contribution in [2.75, 3.05) is 13.2 Å². The van der Waals surface area contributed by atoms with Crippen molar-refractivity contribution in [1.82, 2.24) is 4.90 Å². The molecule has 2 aliphatic heterocycles. The van der Waals surface area contributed by atoms with Crippen LogP contribution in [0.25, 0.3) is 0 Å². The molecule has 2 fully saturated rings. The van der Waals surface area contributed by atoms with Gasteiger partial charge in [-0.2, -0.15) is 0 Å². The zero-order chi connectivity index (χ0) is 9.42. The van der Waals surface area contributed by atoms with Crippen LogP contribution < -0.4 is 0 Å². The zero-order valence-electron chi connectivity index (χ0n) is 7.01. The fourth-order valence-corrected chi connectivity index (χ4v) is 1.70. The van der Waals surface area contributed by atoms with Gasteiger partial charge >= 0.3 is 0 Å². The Hall–Kier alpha value is -1.07. The standard InChI is InChI=1S/C8H11NO4/c10-2-1-6-5(4-11)9-7(12)3-8(9)13-6/h1,5,8,10-11H,2-4H2/t5-,8+/m0/s1. The number of ether oxygens (including phenoxy) is 1. The number of fused-ring (bicyclic) bond motifs is 1. The molecular formula is C8H11NO4. The van der Waals surface area contributed by atoms with Gasteiger partial charge in [-0.25, -0.2) is 0 Å². The van der Waals surface area contributed by atoms with Crippen LogP contribution in [-0.2, 0) is 9.53 Å². The van der Waals surface area contributed by atoms with Crippen LogP contribution in [0.2, 0.25) is 0 Å². The van der Waals surface area contributed by atoms with Crippen molar-refractivity contribution in [1.29, 1.82) is 0 Å². The number of carbonyl (C=O) groups is 1. The molecule has 0 spiro atoms. The predicted octanol–water partition coefficient (Wildman–Crippen LogP) is -1.19. The molecular weight excluding hydrogens is 174 g/mol. The van der Waals surface area contributed by atoms with Gasteiger partial charge in [0.25, 0.3) is 0 Å². The molecule has 72 valence electrons. The lowest BCUT2D eigenvalue weighted by molar-refractivity contribution is -0.157. The van der Waals surface area contributed by atoms with Crippen molar-refractivity contribution in [2.45, 2.75) is 18.7 Å². The van der Waals surface area contributed by atoms with E-state index < -0.39 is 6.04 Å². The average molecular weight is 185 g/mol. The summed E-state index contributed by atoms with van der Waals surface area (Å²) in [4.78, 5) is 12.6. The SMILES string of the molecule is O=C1C[C@H]2OC(=CCO)[C@H](CO)N12. The van der Waals surface area contributed by atoms with Crippen LogP contribution in [-0.4, -0.2) is 46.5 Å². The number of amides is 1. The van der Waals surface area contributed by atoms with E-state index in [0.29, 0.717) is 12.2 Å². The van der Waals surface area contributed by atoms with Gasteiger partial charge in [0.2, 0.25) is 5.91 Å². The molecule has 0 aromatic heterocycles. The molecule has 2 saturated heterocycles. The van der Waals surface area contributed by atoms with Gasteiger partial charge in [-0.3, -0.25) is 9.69 Å². The Morgan fingerprint density at radius 2 is 2.38 bits per heavy atom. The van der Waals surface area contributed by atoms with Crippen LogP contribution >= 0.6 is 0 Å². The van der Waals surface area contributed by atoms with Gasteiger partial charge < -0.3 is 14.9 Å². The van der Waals surface area contributed by atoms with Crippen molar-refractivity contribution in [3.8, 4) is 0 Å². The highest BCUT2D eigenvalue weighted by molar-refractivity contribution is 5.84. The van der Waals surface area contributed by atoms with E-state index in [4.69, 9.17) is 14.9 Å². The summed E-state index contributed by atoms with van der Waals surface area (Å²) in [5.41, 5.74) is 0. The Balaban J connectivity index is 2.17. The lowest BCUT2D eigenvalue weighted by atomic mass is 10.1. The lowest BCUT2D eigenvalue weighted by Gasteiger charge is -2.34. The average Bonchev–Trinajstić information content (AvgIpc) is 2.38. The van der Waals surface area contributed by atoms with Crippen LogP contribution in [0.15, 0.2) is 11.8 Å². The minimum atomic E-state index is -0.390. The van der Waals surface area contributed by atoms with Gasteiger partial charge in [0.15, 0.2) is 6.23 Å². The Kier molecular flexibility index (Phi) is 1.97. The van der Waals surface area contributed by atoms with E-state index in [1.807, 2.05) is 0 Å². The largest absolute Gasteiger partial charge is 0.472 e. The maximum Gasteiger partial charge on any atom is 0.231 e. The number of hydrogen-bond acceptors (Lipinski definition) is 4. The number of aliphatic hydroxyl groups is 2. The first-order valence-corrected chi connectivity index (χ1v) is 4.17. The Labute approximate surface area is 75.2 Å². The molecule has 0 radical (unpaired) electrons. The number of β-lactam (4-membered cyclic amide) rings is 1. The lowest BCUT2D eigenvalue weighted by Crippen LogP contribution is -2.53. The number of aliphatic hydroxyl groups excluding tert-OH is 2. The molecule has 2 heterocycles. The maximum atomic E-state index is 11.1. The molecule has 5 nitrogen and oxygen atoms in total. The monoisotopic (exact) mass is 185 g/mol. The molecule has 2 atom stereocenters. The topological polar surface area (TPSA) is 70.0 Å². The predicted molar refractivity (Wildman–Crippen MR) is 42.4 cm³/mol. The van der Waals surface area contributed by atoms with Crippen LogP contribution in [0, 0.1) is 0 Å². The smallest absolute Gasteiger partial charge is 0.231 e. The van der Waals surface area contributed by atoms with Crippen molar-refractivity contribution >= 4 is 5.91 Å². The van der Waals surface area contributed by atoms with Gasteiger partial charge in [-0.15, -0.1) is 0 Å². The quantitative estimate of drug-likeness (QED) is 0.531. The van der Waals surface area contributed by atoms with Crippen LogP contribution in [0.3, 0.4) is 0 Å². The fourth-order valence-electron chi connectivity index (χ4n) is 1.70. The van der Waals surface area contributed by atoms with Crippen molar-refractivity contribution in [3.05, 3.63) is 11.8 Å². The molecule has 2 N–H and O–H groups in total. The summed E-state index contributed by atoms with van der Waals surface area (Å²) in [5.74, 6) is 0.492. The van der Waals surface area contributed by atoms with E-state index in [0.717, 1.165) is 0 Å². The molecule has 0 aromatic rings. The van der Waals surface area contributed by atoms with Crippen LogP contribution in [0.4, 0.5) is 0 Å². The van der Waals surface area contributed by atoms with Crippen LogP contribution in [0.5, 0.6) is 0 Å². The molecule has 0 unspecified atom stereocenters. The van der Waals surface area contributed by atoms with E-state index in [1.54, 1.807) is 0 Å². The molecule has 2 aliphatic rings. The number of rotatable bonds is 2. The molecule has 0 aliphatic carbocycles. The Morgan fingerprint density at radius 1 is 1.62 bits per heavy atom. The van der Waals surface area contributed by atoms with Gasteiger partial charge in [0, 0.05) is 0 Å². The fraction of sp³-hybridized carbons (Fsp3) is 0.625. The minimum Gasteiger partial charge on any atom is -0.472 e. The first-order chi connectivity index (χ1) is 6.27. The zero-order valence-corrected chi connectivity index (χ0v) is 7.01. The third-order valence-electron chi connectivity index (χ3n) is 2.35. The molecule has 2 rings (SSSR count). The summed E-state index contributed by atoms with van der Waals surface area (Å²) in [6.07, 6.45) is 1.63. The van der Waals surface area contributed by atoms with Crippen molar-refractivity contribution in [2.24, 2.45) is 0 Å². The highest BCUT2D eigenvalue weighted by atomic mass is 16.5. The molecule has 0 bridgehead atoms. The normalized spacial score (nSPS) is 34.5. The summed E-state index contributed by atoms with van der Waals surface area (Å²) in [5, 5.41) is 17.7. The summed E-state index contributed by atoms with van der Waals surface area (Å²) >= 11 is 0. The molecule has 13 heavy (non-hydrogen) atoms. The number of carbonyl (C=O) groups excluding carboxylic acids is 1. The molecule has 0 saturated carbocycles. The van der Waals surface area contributed by atoms with E-state index in [2.05, 4.69) is 0 Å². The third-order valence-corrected chi connectivity index (χ3v) is 2.35. The Morgan fingerprint density at radius 3 is 2.92 bits per heavy atom. The van der Waals surface area contributed by atoms with E-state index in [-0.39, 0.29) is 25.3 Å². The van der Waals surface area contributed by atoms with E-state index in [9.17, 15) is 4.79 Å². The highest BCUT2D eigenvalue weighted by Gasteiger charge is 2.49. The van der Waals surface area contributed by atoms with Crippen LogP contribution in [0.1, 0.15) is 6.42 Å². The first kappa shape index (κ1) is 8.52. The second-order valence-electron chi connectivity index (χ2n) is 3.07. The summed E-state index contributed by atoms with van der Waals surface area (Å²) < 4.78 is 5.32. The third kappa shape index (κ3) is 1.12. The highest BCUT2D eigenvalue weighted by Crippen LogP contribution is 2.35. The van der Waals surface area contributed by atoms with Gasteiger partial charge in [0.05, 0.1) is 19.6 Å². The van der Waals surface area contributed by atoms with Gasteiger partial charge in [0.1, 0.15) is 11.8 Å². The first-order valence-electron chi connectivity index (χ1n) is 4.17. The summed E-state index contributed by atoms with van der Waals surface area (Å²) in [6.45, 7) is -0.297. The molecule has 1 amide bonds. The van der Waals surface area contributed by atoms with Crippen molar-refractivity contribution in [3.63, 3.8) is 0 Å². The summed E-state index contributed by atoms with van der Waals surface area (Å²) in [6, 6.07) is -0.390. The van der Waals surface area contributed by atoms with Gasteiger partial charge in [-0.05, 0) is 6.08 Å². The molecule has 5 heteroatoms. The summed E-state index contributed by atoms with van der Waals surface area (Å²) in [7, 11) is 0. The van der Waals surface area contributed by atoms with Crippen molar-refractivity contribution < 1.29 is 19.7 Å². The van der Waals surface area contributed by atoms with Gasteiger partial charge in [-0.1, -0.05) is 0 Å². The minimum absolute atomic E-state index is 0.00890. The maximum absolute atomic E-state index is 11.1. The second kappa shape index (κ2) is 3.01. The number of nitrogens with zero attached hydrogens (tertiary/aromatic N) is 1. The van der Waals surface area contributed by atoms with E-state index >= 15 is 0 Å². The second-order valence-corrected chi connectivity index (χ2v) is 3.07. The van der Waals surface area contributed by atoms with E-state index in [1.165, 1.54) is 11.0 Å². The Bertz CT molecular complexity index is 263. The number of hydrogen-bond donors (Lipinski definition) is 2.